The summed E-state index contributed by atoms with van der Waals surface area (Å²) in [6, 6.07) is 4.05. The molecule has 0 heterocycles. The van der Waals surface area contributed by atoms with Gasteiger partial charge in [0.1, 0.15) is 5.75 Å². The number of benzene rings is 2. The molecule has 0 saturated carbocycles. The summed E-state index contributed by atoms with van der Waals surface area (Å²) in [5.74, 6) is -2.78. The SMILES string of the molecule is CCCCCCCC(Br)CCOc1c(O)cc2c(c1O)C(=O)c1c(O)cc(C)cc1C2=O. The van der Waals surface area contributed by atoms with Crippen LogP contribution in [-0.4, -0.2) is 38.3 Å². The zero-order valence-corrected chi connectivity index (χ0v) is 20.0. The number of phenols is 3. The standard InChI is InChI=1S/C25H29BrO6/c1-3-4-5-6-7-8-15(26)9-10-32-25-19(28)13-17-21(24(25)31)23(30)20-16(22(17)29)11-14(2)12-18(20)27/h11-13,15,27-28,31H,3-10H2,1-2H3. The minimum Gasteiger partial charge on any atom is -0.507 e. The van der Waals surface area contributed by atoms with Gasteiger partial charge in [-0.2, -0.15) is 0 Å². The van der Waals surface area contributed by atoms with Crippen LogP contribution in [0.25, 0.3) is 0 Å². The highest BCUT2D eigenvalue weighted by atomic mass is 79.9. The van der Waals surface area contributed by atoms with E-state index in [9.17, 15) is 24.9 Å². The fraction of sp³-hybridized carbons (Fsp3) is 0.440. The van der Waals surface area contributed by atoms with Crippen molar-refractivity contribution in [1.82, 2.24) is 0 Å². The third kappa shape index (κ3) is 4.93. The molecule has 172 valence electrons. The molecular formula is C25H29BrO6. The van der Waals surface area contributed by atoms with Gasteiger partial charge in [-0.3, -0.25) is 9.59 Å². The van der Waals surface area contributed by atoms with Gasteiger partial charge in [-0.1, -0.05) is 55.0 Å². The molecule has 0 radical (unpaired) electrons. The molecule has 32 heavy (non-hydrogen) atoms. The van der Waals surface area contributed by atoms with Gasteiger partial charge in [0.2, 0.25) is 11.5 Å². The number of hydrogen-bond acceptors (Lipinski definition) is 6. The number of aromatic hydroxyl groups is 3. The fourth-order valence-electron chi connectivity index (χ4n) is 4.05. The van der Waals surface area contributed by atoms with E-state index in [0.717, 1.165) is 18.9 Å². The summed E-state index contributed by atoms with van der Waals surface area (Å²) in [6.07, 6.45) is 7.64. The Morgan fingerprint density at radius 1 is 0.875 bits per heavy atom. The van der Waals surface area contributed by atoms with Gasteiger partial charge >= 0.3 is 0 Å². The Morgan fingerprint density at radius 3 is 2.28 bits per heavy atom. The maximum atomic E-state index is 13.0. The lowest BCUT2D eigenvalue weighted by Crippen LogP contribution is -2.22. The molecule has 2 aromatic carbocycles. The van der Waals surface area contributed by atoms with Gasteiger partial charge in [-0.25, -0.2) is 0 Å². The van der Waals surface area contributed by atoms with Gasteiger partial charge < -0.3 is 20.1 Å². The van der Waals surface area contributed by atoms with Crippen LogP contribution < -0.4 is 4.74 Å². The Bertz CT molecular complexity index is 1030. The lowest BCUT2D eigenvalue weighted by Gasteiger charge is -2.22. The van der Waals surface area contributed by atoms with E-state index in [-0.39, 0.29) is 45.2 Å². The number of aryl methyl sites for hydroxylation is 1. The second kappa shape index (κ2) is 10.4. The van der Waals surface area contributed by atoms with Crippen LogP contribution in [0, 0.1) is 6.92 Å². The molecular weight excluding hydrogens is 476 g/mol. The van der Waals surface area contributed by atoms with Crippen molar-refractivity contribution < 1.29 is 29.6 Å². The molecule has 0 saturated heterocycles. The van der Waals surface area contributed by atoms with Crippen LogP contribution in [0.5, 0.6) is 23.0 Å². The Labute approximate surface area is 196 Å². The van der Waals surface area contributed by atoms with E-state index in [4.69, 9.17) is 4.74 Å². The number of ether oxygens (including phenoxy) is 1. The number of carbonyl (C=O) groups is 2. The first-order chi connectivity index (χ1) is 15.3. The first kappa shape index (κ1) is 24.1. The van der Waals surface area contributed by atoms with E-state index in [1.165, 1.54) is 37.8 Å². The Kier molecular flexibility index (Phi) is 7.82. The predicted octanol–water partition coefficient (Wildman–Crippen LogP) is 5.78. The number of halogens is 1. The zero-order chi connectivity index (χ0) is 23.4. The summed E-state index contributed by atoms with van der Waals surface area (Å²) in [5.41, 5.74) is 0.146. The van der Waals surface area contributed by atoms with Gasteiger partial charge in [0.25, 0.3) is 0 Å². The number of carbonyl (C=O) groups excluding carboxylic acids is 2. The van der Waals surface area contributed by atoms with Crippen molar-refractivity contribution in [2.45, 2.75) is 63.6 Å². The lowest BCUT2D eigenvalue weighted by atomic mass is 9.82. The van der Waals surface area contributed by atoms with Crippen LogP contribution in [0.3, 0.4) is 0 Å². The maximum absolute atomic E-state index is 13.0. The highest BCUT2D eigenvalue weighted by Crippen LogP contribution is 2.46. The summed E-state index contributed by atoms with van der Waals surface area (Å²) >= 11 is 3.64. The molecule has 0 aliphatic heterocycles. The smallest absolute Gasteiger partial charge is 0.203 e. The lowest BCUT2D eigenvalue weighted by molar-refractivity contribution is 0.0973. The van der Waals surface area contributed by atoms with E-state index in [1.807, 2.05) is 0 Å². The summed E-state index contributed by atoms with van der Waals surface area (Å²) in [6.45, 7) is 4.09. The first-order valence-electron chi connectivity index (χ1n) is 11.0. The van der Waals surface area contributed by atoms with Crippen LogP contribution >= 0.6 is 15.9 Å². The van der Waals surface area contributed by atoms with E-state index >= 15 is 0 Å². The minimum atomic E-state index is -0.681. The van der Waals surface area contributed by atoms with Crippen LogP contribution in [0.2, 0.25) is 0 Å². The van der Waals surface area contributed by atoms with E-state index in [0.29, 0.717) is 12.0 Å². The van der Waals surface area contributed by atoms with Gasteiger partial charge in [0.05, 0.1) is 17.7 Å². The van der Waals surface area contributed by atoms with Crippen molar-refractivity contribution in [3.05, 3.63) is 46.0 Å². The van der Waals surface area contributed by atoms with Gasteiger partial charge in [-0.15, -0.1) is 0 Å². The van der Waals surface area contributed by atoms with Crippen LogP contribution in [-0.2, 0) is 0 Å². The molecule has 3 N–H and O–H groups in total. The highest BCUT2D eigenvalue weighted by Gasteiger charge is 2.37. The molecule has 1 atom stereocenters. The molecule has 0 aromatic heterocycles. The molecule has 1 aliphatic rings. The second-order valence-corrected chi connectivity index (χ2v) is 9.59. The maximum Gasteiger partial charge on any atom is 0.203 e. The van der Waals surface area contributed by atoms with Gasteiger partial charge in [0, 0.05) is 16.0 Å². The Balaban J connectivity index is 1.74. The molecule has 0 amide bonds. The zero-order valence-electron chi connectivity index (χ0n) is 18.4. The van der Waals surface area contributed by atoms with Gasteiger partial charge in [-0.05, 0) is 43.5 Å². The number of rotatable bonds is 10. The molecule has 1 aliphatic carbocycles. The summed E-state index contributed by atoms with van der Waals surface area (Å²) in [7, 11) is 0. The van der Waals surface area contributed by atoms with Crippen LogP contribution in [0.1, 0.15) is 89.3 Å². The van der Waals surface area contributed by atoms with Crippen molar-refractivity contribution >= 4 is 27.5 Å². The van der Waals surface area contributed by atoms with Crippen molar-refractivity contribution in [2.75, 3.05) is 6.61 Å². The summed E-state index contributed by atoms with van der Waals surface area (Å²) in [4.78, 5) is 26.2. The monoisotopic (exact) mass is 504 g/mol. The predicted molar refractivity (Wildman–Crippen MR) is 126 cm³/mol. The number of hydrogen-bond donors (Lipinski definition) is 3. The van der Waals surface area contributed by atoms with Crippen molar-refractivity contribution in [3.63, 3.8) is 0 Å². The largest absolute Gasteiger partial charge is 0.507 e. The molecule has 3 rings (SSSR count). The third-order valence-corrected chi connectivity index (χ3v) is 6.65. The molecule has 1 unspecified atom stereocenters. The molecule has 0 fully saturated rings. The average Bonchev–Trinajstić information content (AvgIpc) is 2.73. The summed E-state index contributed by atoms with van der Waals surface area (Å²) < 4.78 is 5.61. The molecule has 7 heteroatoms. The van der Waals surface area contributed by atoms with Gasteiger partial charge in [0.15, 0.2) is 17.3 Å². The van der Waals surface area contributed by atoms with Crippen molar-refractivity contribution in [3.8, 4) is 23.0 Å². The van der Waals surface area contributed by atoms with Crippen LogP contribution in [0.4, 0.5) is 0 Å². The van der Waals surface area contributed by atoms with E-state index in [2.05, 4.69) is 22.9 Å². The molecule has 0 bridgehead atoms. The van der Waals surface area contributed by atoms with Crippen molar-refractivity contribution in [2.24, 2.45) is 0 Å². The fourth-order valence-corrected chi connectivity index (χ4v) is 4.56. The normalized spacial score (nSPS) is 13.6. The second-order valence-electron chi connectivity index (χ2n) is 8.30. The average molecular weight is 505 g/mol. The number of fused-ring (bicyclic) bond motifs is 2. The number of unbranched alkanes of at least 4 members (excludes halogenated alkanes) is 4. The van der Waals surface area contributed by atoms with E-state index < -0.39 is 23.1 Å². The quantitative estimate of drug-likeness (QED) is 0.238. The molecule has 2 aromatic rings. The Morgan fingerprint density at radius 2 is 1.56 bits per heavy atom. The highest BCUT2D eigenvalue weighted by molar-refractivity contribution is 9.09. The number of ketones is 2. The van der Waals surface area contributed by atoms with E-state index in [1.54, 1.807) is 6.92 Å². The topological polar surface area (TPSA) is 104 Å². The van der Waals surface area contributed by atoms with Crippen LogP contribution in [0.15, 0.2) is 18.2 Å². The van der Waals surface area contributed by atoms with Crippen molar-refractivity contribution in [1.29, 1.82) is 0 Å². The first-order valence-corrected chi connectivity index (χ1v) is 12.0. The number of phenolic OH excluding ortho intramolecular Hbond substituents is 3. The molecule has 0 spiro atoms. The minimum absolute atomic E-state index is 0.0496. The summed E-state index contributed by atoms with van der Waals surface area (Å²) in [5, 5.41) is 31.3. The third-order valence-electron chi connectivity index (χ3n) is 5.74. The molecule has 6 nitrogen and oxygen atoms in total. The number of alkyl halides is 1. The Hall–Kier alpha value is -2.54.